The van der Waals surface area contributed by atoms with Crippen molar-refractivity contribution in [2.45, 2.75) is 6.92 Å². The van der Waals surface area contributed by atoms with Gasteiger partial charge in [-0.25, -0.2) is 4.39 Å². The second-order valence-electron chi connectivity index (χ2n) is 5.85. The number of non-ortho nitro benzene ring substituents is 1. The molecule has 0 aliphatic rings. The normalized spacial score (nSPS) is 10.4. The maximum Gasteiger partial charge on any atom is 0.273 e. The first-order valence-electron chi connectivity index (χ1n) is 8.06. The maximum absolute atomic E-state index is 13.3. The summed E-state index contributed by atoms with van der Waals surface area (Å²) >= 11 is 0. The summed E-state index contributed by atoms with van der Waals surface area (Å²) in [5, 5.41) is 13.6. The Morgan fingerprint density at radius 2 is 1.93 bits per heavy atom. The zero-order valence-electron chi connectivity index (χ0n) is 14.6. The van der Waals surface area contributed by atoms with E-state index < -0.39 is 22.2 Å². The monoisotopic (exact) mass is 383 g/mol. The van der Waals surface area contributed by atoms with E-state index in [-0.39, 0.29) is 28.4 Å². The number of nitro groups is 1. The van der Waals surface area contributed by atoms with Crippen molar-refractivity contribution < 1.29 is 18.8 Å². The fourth-order valence-electron chi connectivity index (χ4n) is 2.46. The van der Waals surface area contributed by atoms with Crippen LogP contribution < -0.4 is 15.6 Å². The molecule has 28 heavy (non-hydrogen) atoms. The number of nitrogens with one attached hydrogen (secondary N) is 2. The molecule has 0 unspecified atom stereocenters. The Morgan fingerprint density at radius 3 is 2.61 bits per heavy atom. The average Bonchev–Trinajstić information content (AvgIpc) is 2.64. The zero-order chi connectivity index (χ0) is 20.3. The molecule has 3 aromatic rings. The lowest BCUT2D eigenvalue weighted by Crippen LogP contribution is -2.15. The summed E-state index contributed by atoms with van der Waals surface area (Å²) in [7, 11) is 0. The number of nitrogens with zero attached hydrogens (tertiary/aromatic N) is 1. The molecule has 142 valence electrons. The minimum atomic E-state index is -0.629. The molecule has 0 radical (unpaired) electrons. The third kappa shape index (κ3) is 4.21. The van der Waals surface area contributed by atoms with E-state index >= 15 is 0 Å². The van der Waals surface area contributed by atoms with E-state index in [9.17, 15) is 24.1 Å². The number of hydrogen-bond acceptors (Lipinski definition) is 5. The Hall–Kier alpha value is -4.01. The van der Waals surface area contributed by atoms with Crippen LogP contribution in [-0.2, 0) is 0 Å². The van der Waals surface area contributed by atoms with E-state index in [1.54, 1.807) is 6.92 Å². The number of pyridine rings is 1. The minimum absolute atomic E-state index is 0.00890. The Bertz CT molecular complexity index is 1130. The van der Waals surface area contributed by atoms with Gasteiger partial charge in [-0.1, -0.05) is 0 Å². The Balaban J connectivity index is 1.98. The van der Waals surface area contributed by atoms with Gasteiger partial charge >= 0.3 is 0 Å². The molecule has 8 nitrogen and oxygen atoms in total. The summed E-state index contributed by atoms with van der Waals surface area (Å²) in [6.07, 6.45) is 1.37. The smallest absolute Gasteiger partial charge is 0.273 e. The minimum Gasteiger partial charge on any atom is -0.456 e. The van der Waals surface area contributed by atoms with Crippen LogP contribution in [0.4, 0.5) is 15.8 Å². The van der Waals surface area contributed by atoms with Gasteiger partial charge in [-0.2, -0.15) is 0 Å². The van der Waals surface area contributed by atoms with Crippen molar-refractivity contribution >= 4 is 17.3 Å². The topological polar surface area (TPSA) is 114 Å². The lowest BCUT2D eigenvalue weighted by Gasteiger charge is -2.13. The van der Waals surface area contributed by atoms with Crippen LogP contribution in [0, 0.1) is 22.9 Å². The first kappa shape index (κ1) is 18.8. The van der Waals surface area contributed by atoms with E-state index in [1.165, 1.54) is 42.6 Å². The largest absolute Gasteiger partial charge is 0.456 e. The zero-order valence-corrected chi connectivity index (χ0v) is 14.6. The molecule has 1 amide bonds. The highest BCUT2D eigenvalue weighted by molar-refractivity contribution is 6.06. The third-order valence-electron chi connectivity index (χ3n) is 3.81. The number of anilines is 1. The van der Waals surface area contributed by atoms with Gasteiger partial charge in [-0.05, 0) is 42.8 Å². The summed E-state index contributed by atoms with van der Waals surface area (Å²) in [4.78, 5) is 36.9. The molecular formula is C19H14FN3O5. The van der Waals surface area contributed by atoms with E-state index in [4.69, 9.17) is 4.74 Å². The summed E-state index contributed by atoms with van der Waals surface area (Å²) in [6.45, 7) is 1.60. The summed E-state index contributed by atoms with van der Waals surface area (Å²) < 4.78 is 19.0. The Labute approximate surface area is 157 Å². The second kappa shape index (κ2) is 7.70. The molecule has 0 fully saturated rings. The number of nitro benzene ring substituents is 1. The molecule has 0 spiro atoms. The fourth-order valence-corrected chi connectivity index (χ4v) is 2.46. The van der Waals surface area contributed by atoms with Crippen LogP contribution in [0.2, 0.25) is 0 Å². The molecule has 1 aromatic heterocycles. The number of halogens is 1. The molecule has 2 N–H and O–H groups in total. The van der Waals surface area contributed by atoms with Crippen molar-refractivity contribution in [1.82, 2.24) is 4.98 Å². The summed E-state index contributed by atoms with van der Waals surface area (Å²) in [5.41, 5.74) is 0.0282. The number of amides is 1. The Kier molecular flexibility index (Phi) is 5.16. The number of hydrogen-bond donors (Lipinski definition) is 2. The number of H-pyrrole nitrogens is 1. The lowest BCUT2D eigenvalue weighted by atomic mass is 10.1. The number of aryl methyl sites for hydroxylation is 1. The number of aromatic amines is 1. The highest BCUT2D eigenvalue weighted by Crippen LogP contribution is 2.32. The standard InChI is InChI=1S/C19H14FN3O5/c1-11-8-12(20)2-5-16(11)28-17-10-14(23(26)27)3-4-15(17)19(25)22-13-6-7-21-18(24)9-13/h2-10H,1H3,(H2,21,22,24,25). The molecule has 9 heteroatoms. The Morgan fingerprint density at radius 1 is 1.14 bits per heavy atom. The second-order valence-corrected chi connectivity index (χ2v) is 5.85. The van der Waals surface area contributed by atoms with Crippen molar-refractivity contribution in [3.63, 3.8) is 0 Å². The fraction of sp³-hybridized carbons (Fsp3) is 0.0526. The maximum atomic E-state index is 13.3. The molecule has 0 saturated heterocycles. The summed E-state index contributed by atoms with van der Waals surface area (Å²) in [6, 6.07) is 9.96. The van der Waals surface area contributed by atoms with Gasteiger partial charge in [0.05, 0.1) is 16.6 Å². The molecule has 0 aliphatic carbocycles. The molecule has 3 rings (SSSR count). The van der Waals surface area contributed by atoms with E-state index in [0.717, 1.165) is 12.1 Å². The molecule has 2 aromatic carbocycles. The van der Waals surface area contributed by atoms with E-state index in [0.29, 0.717) is 5.56 Å². The average molecular weight is 383 g/mol. The lowest BCUT2D eigenvalue weighted by molar-refractivity contribution is -0.384. The summed E-state index contributed by atoms with van der Waals surface area (Å²) in [5.74, 6) is -0.926. The van der Waals surface area contributed by atoms with Crippen molar-refractivity contribution in [3.05, 3.63) is 92.1 Å². The molecule has 0 saturated carbocycles. The van der Waals surface area contributed by atoms with Crippen molar-refractivity contribution in [2.24, 2.45) is 0 Å². The predicted octanol–water partition coefficient (Wildman–Crippen LogP) is 3.78. The quantitative estimate of drug-likeness (QED) is 0.514. The number of benzene rings is 2. The van der Waals surface area contributed by atoms with Gasteiger partial charge in [0, 0.05) is 24.0 Å². The number of carbonyl (C=O) groups is 1. The van der Waals surface area contributed by atoms with Gasteiger partial charge in [0.15, 0.2) is 0 Å². The van der Waals surface area contributed by atoms with Gasteiger partial charge in [-0.3, -0.25) is 19.7 Å². The van der Waals surface area contributed by atoms with Crippen LogP contribution >= 0.6 is 0 Å². The van der Waals surface area contributed by atoms with Crippen LogP contribution in [0.25, 0.3) is 0 Å². The van der Waals surface area contributed by atoms with Gasteiger partial charge in [0.1, 0.15) is 17.3 Å². The first-order chi connectivity index (χ1) is 13.3. The molecular weight excluding hydrogens is 369 g/mol. The first-order valence-corrected chi connectivity index (χ1v) is 8.06. The third-order valence-corrected chi connectivity index (χ3v) is 3.81. The number of carbonyl (C=O) groups excluding carboxylic acids is 1. The van der Waals surface area contributed by atoms with Gasteiger partial charge in [0.25, 0.3) is 11.6 Å². The highest BCUT2D eigenvalue weighted by atomic mass is 19.1. The van der Waals surface area contributed by atoms with Crippen molar-refractivity contribution in [2.75, 3.05) is 5.32 Å². The van der Waals surface area contributed by atoms with Gasteiger partial charge in [-0.15, -0.1) is 0 Å². The van der Waals surface area contributed by atoms with Crippen molar-refractivity contribution in [1.29, 1.82) is 0 Å². The van der Waals surface area contributed by atoms with Crippen molar-refractivity contribution in [3.8, 4) is 11.5 Å². The highest BCUT2D eigenvalue weighted by Gasteiger charge is 2.19. The van der Waals surface area contributed by atoms with Gasteiger partial charge < -0.3 is 15.0 Å². The SMILES string of the molecule is Cc1cc(F)ccc1Oc1cc([N+](=O)[O-])ccc1C(=O)Nc1cc[nH]c(=O)c1. The van der Waals surface area contributed by atoms with Crippen LogP contribution in [0.15, 0.2) is 59.5 Å². The van der Waals surface area contributed by atoms with Crippen LogP contribution in [0.5, 0.6) is 11.5 Å². The number of ether oxygens (including phenoxy) is 1. The molecule has 0 aliphatic heterocycles. The molecule has 0 atom stereocenters. The van der Waals surface area contributed by atoms with Crippen LogP contribution in [0.3, 0.4) is 0 Å². The van der Waals surface area contributed by atoms with Crippen LogP contribution in [0.1, 0.15) is 15.9 Å². The van der Waals surface area contributed by atoms with Gasteiger partial charge in [0.2, 0.25) is 5.56 Å². The number of aromatic nitrogens is 1. The van der Waals surface area contributed by atoms with E-state index in [1.807, 2.05) is 0 Å². The van der Waals surface area contributed by atoms with E-state index in [2.05, 4.69) is 10.3 Å². The molecule has 0 bridgehead atoms. The van der Waals surface area contributed by atoms with Crippen LogP contribution in [-0.4, -0.2) is 15.8 Å². The predicted molar refractivity (Wildman–Crippen MR) is 99.3 cm³/mol. The molecule has 1 heterocycles. The number of rotatable bonds is 5.